The van der Waals surface area contributed by atoms with E-state index in [1.807, 2.05) is 4.90 Å². The Balaban J connectivity index is 0. The lowest BCUT2D eigenvalue weighted by atomic mass is 9.96. The molecule has 0 spiro atoms. The van der Waals surface area contributed by atoms with Gasteiger partial charge in [0.05, 0.1) is 19.8 Å². The number of carbonyl (C=O) groups is 2. The van der Waals surface area contributed by atoms with Gasteiger partial charge in [-0.05, 0) is 30.5 Å². The molecule has 1 aromatic carbocycles. The number of benzene rings is 1. The molecule has 1 aliphatic rings. The van der Waals surface area contributed by atoms with E-state index in [1.54, 1.807) is 31.2 Å². The fraction of sp³-hybridized carbons (Fsp3) is 0.474. The van der Waals surface area contributed by atoms with Crippen LogP contribution in [0.4, 0.5) is 0 Å². The Labute approximate surface area is 185 Å². The first-order valence-corrected chi connectivity index (χ1v) is 8.47. The highest BCUT2D eigenvalue weighted by atomic mass is 35.5. The summed E-state index contributed by atoms with van der Waals surface area (Å²) in [6, 6.07) is 6.35. The lowest BCUT2D eigenvalue weighted by Gasteiger charge is -2.36. The average molecular weight is 452 g/mol. The Kier molecular flexibility index (Phi) is 14.4. The van der Waals surface area contributed by atoms with Crippen molar-refractivity contribution in [3.8, 4) is 0 Å². The number of esters is 2. The Bertz CT molecular complexity index is 671. The molecule has 2 rings (SSSR count). The molecule has 1 aliphatic heterocycles. The summed E-state index contributed by atoms with van der Waals surface area (Å²) in [5, 5.41) is 10.6. The zero-order valence-electron chi connectivity index (χ0n) is 15.3. The molecule has 1 saturated heterocycles. The number of hydrogen-bond acceptors (Lipinski definition) is 6. The van der Waals surface area contributed by atoms with Gasteiger partial charge in [-0.15, -0.1) is 0 Å². The quantitative estimate of drug-likeness (QED) is 0.548. The van der Waals surface area contributed by atoms with E-state index in [2.05, 4.69) is 0 Å². The molecule has 0 radical (unpaired) electrons. The van der Waals surface area contributed by atoms with Gasteiger partial charge in [0, 0.05) is 24.2 Å². The Hall–Kier alpha value is -1.19. The van der Waals surface area contributed by atoms with Gasteiger partial charge in [0.15, 0.2) is 0 Å². The van der Waals surface area contributed by atoms with E-state index in [9.17, 15) is 14.7 Å². The summed E-state index contributed by atoms with van der Waals surface area (Å²) < 4.78 is 9.85. The molecule has 1 heterocycles. The Morgan fingerprint density at radius 1 is 1.36 bits per heavy atom. The van der Waals surface area contributed by atoms with E-state index in [4.69, 9.17) is 21.1 Å². The zero-order valence-corrected chi connectivity index (χ0v) is 18.0. The number of piperidine rings is 1. The number of likely N-dealkylation sites (tertiary alicyclic amines) is 1. The first kappa shape index (κ1) is 29.0. The van der Waals surface area contributed by atoms with Crippen molar-refractivity contribution in [1.82, 2.24) is 4.90 Å². The molecule has 0 unspecified atom stereocenters. The van der Waals surface area contributed by atoms with E-state index in [1.165, 1.54) is 13.2 Å². The molecule has 0 aliphatic carbocycles. The average Bonchev–Trinajstić information content (AvgIpc) is 2.59. The van der Waals surface area contributed by atoms with Crippen LogP contribution in [-0.4, -0.2) is 54.9 Å². The van der Waals surface area contributed by atoms with E-state index < -0.39 is 24.1 Å². The lowest BCUT2D eigenvalue weighted by molar-refractivity contribution is -0.147. The minimum atomic E-state index is -0.745. The number of ether oxygens (including phenoxy) is 2. The van der Waals surface area contributed by atoms with Gasteiger partial charge in [0.2, 0.25) is 0 Å². The van der Waals surface area contributed by atoms with Crippen LogP contribution < -0.4 is 0 Å². The first-order chi connectivity index (χ1) is 12.0. The molecule has 9 heteroatoms. The maximum atomic E-state index is 12.4. The van der Waals surface area contributed by atoms with Crippen LogP contribution >= 0.6 is 38.6 Å². The second-order valence-corrected chi connectivity index (χ2v) is 6.10. The van der Waals surface area contributed by atoms with Crippen LogP contribution in [0.3, 0.4) is 0 Å². The molecule has 2 atom stereocenters. The number of hydrogen-bond donors (Lipinski definition) is 1. The Morgan fingerprint density at radius 2 is 2.00 bits per heavy atom. The topological polar surface area (TPSA) is 76.1 Å². The molecule has 1 aromatic rings. The fourth-order valence-corrected chi connectivity index (χ4v) is 3.11. The number of aliphatic hydroxyl groups excluding tert-OH is 1. The van der Waals surface area contributed by atoms with Gasteiger partial charge in [-0.2, -0.15) is 27.0 Å². The van der Waals surface area contributed by atoms with Gasteiger partial charge >= 0.3 is 11.9 Å². The number of halogens is 1. The van der Waals surface area contributed by atoms with Crippen LogP contribution in [0.1, 0.15) is 32.4 Å². The molecular weight excluding hydrogens is 422 g/mol. The molecule has 0 bridgehead atoms. The summed E-state index contributed by atoms with van der Waals surface area (Å²) in [7, 11) is 1.32. The van der Waals surface area contributed by atoms with Gasteiger partial charge in [-0.3, -0.25) is 4.90 Å². The third-order valence-corrected chi connectivity index (χ3v) is 4.43. The van der Waals surface area contributed by atoms with Crippen LogP contribution in [0.5, 0.6) is 0 Å². The van der Waals surface area contributed by atoms with Crippen molar-refractivity contribution in [3.63, 3.8) is 0 Å². The van der Waals surface area contributed by atoms with Gasteiger partial charge in [0.1, 0.15) is 6.04 Å². The van der Waals surface area contributed by atoms with Crippen molar-refractivity contribution in [3.05, 3.63) is 46.5 Å². The summed E-state index contributed by atoms with van der Waals surface area (Å²) >= 11 is 6.26. The summed E-state index contributed by atoms with van der Waals surface area (Å²) in [6.07, 6.45) is 0.940. The second kappa shape index (κ2) is 13.9. The fourth-order valence-electron chi connectivity index (χ4n) is 2.87. The number of methoxy groups -OCH3 is 1. The smallest absolute Gasteiger partial charge is 0.330 e. The third kappa shape index (κ3) is 7.33. The third-order valence-electron chi connectivity index (χ3n) is 4.08. The number of carbonyl (C=O) groups excluding carboxylic acids is 2. The monoisotopic (exact) mass is 451 g/mol. The van der Waals surface area contributed by atoms with E-state index >= 15 is 0 Å². The maximum absolute atomic E-state index is 12.4. The SMILES string of the molecule is C.CCOC(=O)/C=C1\CN([C@H](C(=O)OC)c2ccccc2Cl)CC[C@@H]1O.S.S. The molecule has 0 amide bonds. The first-order valence-electron chi connectivity index (χ1n) is 8.09. The van der Waals surface area contributed by atoms with Crippen molar-refractivity contribution in [2.24, 2.45) is 0 Å². The highest BCUT2D eigenvalue weighted by Crippen LogP contribution is 2.32. The normalized spacial score (nSPS) is 18.7. The van der Waals surface area contributed by atoms with Crippen LogP contribution in [-0.2, 0) is 19.1 Å². The molecule has 6 nitrogen and oxygen atoms in total. The molecule has 0 aromatic heterocycles. The van der Waals surface area contributed by atoms with E-state index in [0.717, 1.165) is 0 Å². The van der Waals surface area contributed by atoms with Crippen LogP contribution in [0.2, 0.25) is 5.02 Å². The summed E-state index contributed by atoms with van der Waals surface area (Å²) in [4.78, 5) is 25.9. The molecule has 1 N–H and O–H groups in total. The predicted molar refractivity (Wildman–Crippen MR) is 121 cm³/mol. The molecule has 28 heavy (non-hydrogen) atoms. The minimum Gasteiger partial charge on any atom is -0.468 e. The largest absolute Gasteiger partial charge is 0.468 e. The standard InChI is InChI=1S/C18H22ClNO5.CH4.2H2S/c1-3-25-16(22)10-12-11-20(9-8-15(12)21)17(18(23)24-2)13-6-4-5-7-14(13)19;;;/h4-7,10,15,17,21H,3,8-9,11H2,1-2H3;1H4;2*1H2/b12-10+;;;/t15-,17-;;;/m0.../s1. The Morgan fingerprint density at radius 3 is 2.57 bits per heavy atom. The number of rotatable bonds is 5. The summed E-state index contributed by atoms with van der Waals surface area (Å²) in [5.41, 5.74) is 1.13. The second-order valence-electron chi connectivity index (χ2n) is 5.69. The number of aliphatic hydroxyl groups is 1. The molecule has 160 valence electrons. The lowest BCUT2D eigenvalue weighted by Crippen LogP contribution is -2.43. The van der Waals surface area contributed by atoms with Crippen LogP contribution in [0.25, 0.3) is 0 Å². The molecular formula is C19H30ClNO5S2. The predicted octanol–water partition coefficient (Wildman–Crippen LogP) is 2.97. The van der Waals surface area contributed by atoms with Crippen LogP contribution in [0.15, 0.2) is 35.9 Å². The van der Waals surface area contributed by atoms with Crippen molar-refractivity contribution in [2.75, 3.05) is 26.8 Å². The van der Waals surface area contributed by atoms with Gasteiger partial charge in [-0.1, -0.05) is 37.2 Å². The van der Waals surface area contributed by atoms with Crippen molar-refractivity contribution in [1.29, 1.82) is 0 Å². The van der Waals surface area contributed by atoms with E-state index in [-0.39, 0.29) is 47.6 Å². The van der Waals surface area contributed by atoms with Gasteiger partial charge < -0.3 is 14.6 Å². The van der Waals surface area contributed by atoms with Crippen molar-refractivity contribution >= 4 is 50.5 Å². The van der Waals surface area contributed by atoms with Gasteiger partial charge in [0.25, 0.3) is 0 Å². The van der Waals surface area contributed by atoms with Crippen LogP contribution in [0, 0.1) is 0 Å². The highest BCUT2D eigenvalue weighted by molar-refractivity contribution is 7.59. The van der Waals surface area contributed by atoms with Crippen molar-refractivity contribution < 1.29 is 24.2 Å². The van der Waals surface area contributed by atoms with Crippen molar-refractivity contribution in [2.45, 2.75) is 32.9 Å². The minimum absolute atomic E-state index is 0. The maximum Gasteiger partial charge on any atom is 0.330 e. The molecule has 0 saturated carbocycles. The number of nitrogens with zero attached hydrogens (tertiary/aromatic N) is 1. The highest BCUT2D eigenvalue weighted by Gasteiger charge is 2.34. The zero-order chi connectivity index (χ0) is 18.4. The van der Waals surface area contributed by atoms with E-state index in [0.29, 0.717) is 29.1 Å². The molecule has 1 fully saturated rings. The summed E-state index contributed by atoms with van der Waals surface area (Å²) in [6.45, 7) is 2.68. The van der Waals surface area contributed by atoms with Gasteiger partial charge in [-0.25, -0.2) is 9.59 Å². The summed E-state index contributed by atoms with van der Waals surface area (Å²) in [5.74, 6) is -0.953.